The smallest absolute Gasteiger partial charge is 0.334 e. The molecule has 0 unspecified atom stereocenters. The van der Waals surface area contributed by atoms with Crippen molar-refractivity contribution in [3.05, 3.63) is 35.9 Å². The van der Waals surface area contributed by atoms with Crippen molar-refractivity contribution in [3.8, 4) is 0 Å². The van der Waals surface area contributed by atoms with Crippen LogP contribution in [0.2, 0.25) is 0 Å². The van der Waals surface area contributed by atoms with E-state index >= 15 is 0 Å². The molecule has 5 amide bonds. The Morgan fingerprint density at radius 1 is 1.04 bits per heavy atom. The molecule has 1 aromatic carbocycles. The van der Waals surface area contributed by atoms with Crippen LogP contribution >= 0.6 is 0 Å². The molecule has 1 saturated heterocycles. The third-order valence-corrected chi connectivity index (χ3v) is 4.41. The summed E-state index contributed by atoms with van der Waals surface area (Å²) in [5.74, 6) is -2.20. The highest BCUT2D eigenvalue weighted by Gasteiger charge is 2.48. The Labute approximate surface area is 139 Å². The van der Waals surface area contributed by atoms with Crippen LogP contribution in [0.1, 0.15) is 31.2 Å². The molecule has 7 nitrogen and oxygen atoms in total. The molecule has 0 atom stereocenters. The van der Waals surface area contributed by atoms with Gasteiger partial charge in [-0.2, -0.15) is 0 Å². The maximum Gasteiger partial charge on any atom is 0.334 e. The molecule has 0 spiro atoms. The van der Waals surface area contributed by atoms with Crippen molar-refractivity contribution >= 4 is 23.8 Å². The predicted octanol–water partition coefficient (Wildman–Crippen LogP) is 1.04. The number of carbonyl (C=O) groups is 4. The Kier molecular flexibility index (Phi) is 4.59. The van der Waals surface area contributed by atoms with Crippen LogP contribution in [0, 0.1) is 0 Å². The van der Waals surface area contributed by atoms with E-state index in [1.165, 1.54) is 0 Å². The molecule has 1 heterocycles. The van der Waals surface area contributed by atoms with Gasteiger partial charge in [-0.3, -0.25) is 19.3 Å². The molecule has 1 aliphatic carbocycles. The highest BCUT2D eigenvalue weighted by atomic mass is 16.2. The Hall–Kier alpha value is -2.70. The highest BCUT2D eigenvalue weighted by Crippen LogP contribution is 2.27. The van der Waals surface area contributed by atoms with E-state index in [2.05, 4.69) is 5.32 Å². The summed E-state index contributed by atoms with van der Waals surface area (Å²) in [6, 6.07) is 8.41. The topological polar surface area (TPSA) is 86.8 Å². The highest BCUT2D eigenvalue weighted by molar-refractivity contribution is 6.45. The predicted molar refractivity (Wildman–Crippen MR) is 84.5 cm³/mol. The minimum absolute atomic E-state index is 0.216. The second-order valence-electron chi connectivity index (χ2n) is 6.05. The number of carbonyl (C=O) groups excluding carboxylic acids is 4. The van der Waals surface area contributed by atoms with Crippen molar-refractivity contribution < 1.29 is 19.2 Å². The normalized spacial score (nSPS) is 18.6. The number of hydrogen-bond acceptors (Lipinski definition) is 4. The van der Waals surface area contributed by atoms with E-state index in [1.807, 2.05) is 30.3 Å². The summed E-state index contributed by atoms with van der Waals surface area (Å²) in [6.45, 7) is -0.129. The lowest BCUT2D eigenvalue weighted by Crippen LogP contribution is -2.43. The number of imide groups is 2. The lowest BCUT2D eigenvalue weighted by molar-refractivity contribution is -0.144. The SMILES string of the molecule is O=C(CN1C(=O)C(=O)N(C2CCCC2)C1=O)NCc1ccccc1. The van der Waals surface area contributed by atoms with E-state index in [-0.39, 0.29) is 6.04 Å². The molecule has 126 valence electrons. The molecular weight excluding hydrogens is 310 g/mol. The van der Waals surface area contributed by atoms with E-state index in [0.717, 1.165) is 41.0 Å². The van der Waals surface area contributed by atoms with Gasteiger partial charge in [0.25, 0.3) is 0 Å². The second kappa shape index (κ2) is 6.82. The first-order chi connectivity index (χ1) is 11.6. The largest absolute Gasteiger partial charge is 0.350 e. The van der Waals surface area contributed by atoms with Crippen LogP contribution in [0.15, 0.2) is 30.3 Å². The van der Waals surface area contributed by atoms with Gasteiger partial charge in [0.15, 0.2) is 0 Å². The molecule has 1 saturated carbocycles. The van der Waals surface area contributed by atoms with Crippen LogP contribution in [0.4, 0.5) is 4.79 Å². The summed E-state index contributed by atoms with van der Waals surface area (Å²) >= 11 is 0. The summed E-state index contributed by atoms with van der Waals surface area (Å²) in [4.78, 5) is 50.2. The molecule has 0 aromatic heterocycles. The third-order valence-electron chi connectivity index (χ3n) is 4.41. The number of nitrogens with one attached hydrogen (secondary N) is 1. The quantitative estimate of drug-likeness (QED) is 0.646. The number of benzene rings is 1. The Balaban J connectivity index is 1.59. The summed E-state index contributed by atoms with van der Waals surface area (Å²) in [5.41, 5.74) is 0.911. The maximum atomic E-state index is 12.4. The number of rotatable bonds is 5. The molecule has 1 aliphatic heterocycles. The van der Waals surface area contributed by atoms with Crippen molar-refractivity contribution in [2.45, 2.75) is 38.3 Å². The van der Waals surface area contributed by atoms with Crippen LogP contribution in [0.3, 0.4) is 0 Å². The van der Waals surface area contributed by atoms with Crippen LogP contribution in [0.5, 0.6) is 0 Å². The van der Waals surface area contributed by atoms with Crippen molar-refractivity contribution in [1.82, 2.24) is 15.1 Å². The van der Waals surface area contributed by atoms with E-state index in [9.17, 15) is 19.2 Å². The monoisotopic (exact) mass is 329 g/mol. The van der Waals surface area contributed by atoms with Crippen molar-refractivity contribution in [1.29, 1.82) is 0 Å². The lowest BCUT2D eigenvalue weighted by Gasteiger charge is -2.20. The van der Waals surface area contributed by atoms with Crippen molar-refractivity contribution in [2.75, 3.05) is 6.54 Å². The molecule has 24 heavy (non-hydrogen) atoms. The average Bonchev–Trinajstić information content (AvgIpc) is 3.18. The number of urea groups is 1. The van der Waals surface area contributed by atoms with Gasteiger partial charge in [-0.15, -0.1) is 0 Å². The minimum Gasteiger partial charge on any atom is -0.350 e. The minimum atomic E-state index is -0.915. The Morgan fingerprint density at radius 2 is 1.71 bits per heavy atom. The number of hydrogen-bond donors (Lipinski definition) is 1. The third kappa shape index (κ3) is 3.15. The van der Waals surface area contributed by atoms with Gasteiger partial charge in [-0.1, -0.05) is 43.2 Å². The average molecular weight is 329 g/mol. The van der Waals surface area contributed by atoms with Crippen molar-refractivity contribution in [2.24, 2.45) is 0 Å². The van der Waals surface area contributed by atoms with Crippen LogP contribution < -0.4 is 5.32 Å². The molecule has 0 bridgehead atoms. The van der Waals surface area contributed by atoms with Gasteiger partial charge < -0.3 is 5.32 Å². The Bertz CT molecular complexity index is 668. The molecular formula is C17H19N3O4. The summed E-state index contributed by atoms with van der Waals surface area (Å²) in [6.07, 6.45) is 3.32. The van der Waals surface area contributed by atoms with Gasteiger partial charge in [-0.25, -0.2) is 9.69 Å². The van der Waals surface area contributed by atoms with Crippen LogP contribution in [-0.2, 0) is 20.9 Å². The van der Waals surface area contributed by atoms with Crippen LogP contribution in [0.25, 0.3) is 0 Å². The molecule has 7 heteroatoms. The van der Waals surface area contributed by atoms with E-state index < -0.39 is 30.3 Å². The van der Waals surface area contributed by atoms with Gasteiger partial charge in [-0.05, 0) is 18.4 Å². The number of nitrogens with zero attached hydrogens (tertiary/aromatic N) is 2. The first-order valence-corrected chi connectivity index (χ1v) is 8.07. The fourth-order valence-corrected chi connectivity index (χ4v) is 3.14. The first-order valence-electron chi connectivity index (χ1n) is 8.07. The lowest BCUT2D eigenvalue weighted by atomic mass is 10.2. The zero-order valence-corrected chi connectivity index (χ0v) is 13.2. The Morgan fingerprint density at radius 3 is 2.38 bits per heavy atom. The summed E-state index contributed by atoms with van der Waals surface area (Å²) in [5, 5.41) is 2.65. The van der Waals surface area contributed by atoms with Crippen molar-refractivity contribution in [3.63, 3.8) is 0 Å². The zero-order chi connectivity index (χ0) is 17.1. The molecule has 2 aliphatic rings. The molecule has 2 fully saturated rings. The van der Waals surface area contributed by atoms with Gasteiger partial charge >= 0.3 is 17.8 Å². The summed E-state index contributed by atoms with van der Waals surface area (Å²) in [7, 11) is 0. The molecule has 0 radical (unpaired) electrons. The first kappa shape index (κ1) is 16.2. The molecule has 1 N–H and O–H groups in total. The van der Waals surface area contributed by atoms with Gasteiger partial charge in [0.1, 0.15) is 6.54 Å². The van der Waals surface area contributed by atoms with Gasteiger partial charge in [0, 0.05) is 12.6 Å². The molecule has 3 rings (SSSR count). The fraction of sp³-hybridized carbons (Fsp3) is 0.412. The fourth-order valence-electron chi connectivity index (χ4n) is 3.14. The van der Waals surface area contributed by atoms with E-state index in [1.54, 1.807) is 0 Å². The molecule has 1 aromatic rings. The van der Waals surface area contributed by atoms with Gasteiger partial charge in [0.2, 0.25) is 5.91 Å². The van der Waals surface area contributed by atoms with E-state index in [0.29, 0.717) is 6.54 Å². The maximum absolute atomic E-state index is 12.4. The van der Waals surface area contributed by atoms with E-state index in [4.69, 9.17) is 0 Å². The second-order valence-corrected chi connectivity index (χ2v) is 6.05. The van der Waals surface area contributed by atoms with Gasteiger partial charge in [0.05, 0.1) is 0 Å². The zero-order valence-electron chi connectivity index (χ0n) is 13.2. The standard InChI is InChI=1S/C17H19N3O4/c21-14(18-10-12-6-2-1-3-7-12)11-19-15(22)16(23)20(17(19)24)13-8-4-5-9-13/h1-3,6-7,13H,4-5,8-11H2,(H,18,21). The summed E-state index contributed by atoms with van der Waals surface area (Å²) < 4.78 is 0. The van der Waals surface area contributed by atoms with Crippen LogP contribution in [-0.4, -0.2) is 46.1 Å². The number of amides is 5.